The molecule has 27 heavy (non-hydrogen) atoms. The lowest BCUT2D eigenvalue weighted by Gasteiger charge is -2.17. The number of allylic oxidation sites excluding steroid dienone is 1. The predicted octanol–water partition coefficient (Wildman–Crippen LogP) is 2.85. The van der Waals surface area contributed by atoms with E-state index in [0.29, 0.717) is 5.75 Å². The Hall–Kier alpha value is -1.74. The van der Waals surface area contributed by atoms with Crippen LogP contribution in [0.2, 0.25) is 0 Å². The lowest BCUT2D eigenvalue weighted by atomic mass is 10.1. The molecule has 0 aliphatic carbocycles. The highest BCUT2D eigenvalue weighted by molar-refractivity contribution is 7.86. The fourth-order valence-corrected chi connectivity index (χ4v) is 2.49. The Morgan fingerprint density at radius 3 is 2.56 bits per heavy atom. The molecule has 0 aliphatic rings. The molecule has 1 rings (SSSR count). The van der Waals surface area contributed by atoms with Gasteiger partial charge in [0.1, 0.15) is 25.3 Å². The molecule has 0 spiro atoms. The second-order valence-corrected chi connectivity index (χ2v) is 7.57. The lowest BCUT2D eigenvalue weighted by molar-refractivity contribution is -0.124. The van der Waals surface area contributed by atoms with Crippen LogP contribution in [-0.4, -0.2) is 46.8 Å². The highest BCUT2D eigenvalue weighted by Crippen LogP contribution is 2.15. The van der Waals surface area contributed by atoms with Crippen LogP contribution in [0.3, 0.4) is 0 Å². The molecule has 1 atom stereocenters. The second-order valence-electron chi connectivity index (χ2n) is 5.89. The SMILES string of the molecule is C=CC(=O)CC(COc1ccc(CCCC)cc1)OCOCS(=O)(=O)OC. The van der Waals surface area contributed by atoms with Gasteiger partial charge in [-0.2, -0.15) is 8.42 Å². The van der Waals surface area contributed by atoms with Gasteiger partial charge in [0, 0.05) is 6.42 Å². The minimum Gasteiger partial charge on any atom is -0.491 e. The number of ether oxygens (including phenoxy) is 3. The normalized spacial score (nSPS) is 12.5. The fraction of sp³-hybridized carbons (Fsp3) is 0.526. The quantitative estimate of drug-likeness (QED) is 0.194. The molecule has 1 aromatic carbocycles. The Morgan fingerprint density at radius 1 is 1.26 bits per heavy atom. The summed E-state index contributed by atoms with van der Waals surface area (Å²) in [6, 6.07) is 7.76. The topological polar surface area (TPSA) is 88.1 Å². The third kappa shape index (κ3) is 10.2. The maximum absolute atomic E-state index is 11.6. The van der Waals surface area contributed by atoms with Gasteiger partial charge in [-0.05, 0) is 36.6 Å². The van der Waals surface area contributed by atoms with Crippen molar-refractivity contribution in [1.29, 1.82) is 0 Å². The van der Waals surface area contributed by atoms with Gasteiger partial charge in [-0.1, -0.05) is 32.1 Å². The fourth-order valence-electron chi connectivity index (χ4n) is 2.12. The Labute approximate surface area is 161 Å². The average Bonchev–Trinajstić information content (AvgIpc) is 2.68. The summed E-state index contributed by atoms with van der Waals surface area (Å²) >= 11 is 0. The van der Waals surface area contributed by atoms with E-state index in [4.69, 9.17) is 14.2 Å². The third-order valence-corrected chi connectivity index (χ3v) is 4.67. The van der Waals surface area contributed by atoms with Crippen molar-refractivity contribution >= 4 is 15.9 Å². The summed E-state index contributed by atoms with van der Waals surface area (Å²) in [6.45, 7) is 5.39. The summed E-state index contributed by atoms with van der Waals surface area (Å²) in [5.41, 5.74) is 1.24. The predicted molar refractivity (Wildman–Crippen MR) is 102 cm³/mol. The van der Waals surface area contributed by atoms with Crippen molar-refractivity contribution in [2.24, 2.45) is 0 Å². The van der Waals surface area contributed by atoms with E-state index in [9.17, 15) is 13.2 Å². The Kier molecular flexibility index (Phi) is 10.9. The van der Waals surface area contributed by atoms with Crippen LogP contribution >= 0.6 is 0 Å². The van der Waals surface area contributed by atoms with Gasteiger partial charge in [-0.25, -0.2) is 0 Å². The minimum absolute atomic E-state index is 0.0540. The summed E-state index contributed by atoms with van der Waals surface area (Å²) in [4.78, 5) is 11.6. The number of carbonyl (C=O) groups excluding carboxylic acids is 1. The zero-order valence-electron chi connectivity index (χ0n) is 15.9. The maximum atomic E-state index is 11.6. The molecule has 1 aromatic rings. The smallest absolute Gasteiger partial charge is 0.291 e. The minimum atomic E-state index is -3.73. The number of benzene rings is 1. The molecule has 0 bridgehead atoms. The van der Waals surface area contributed by atoms with Crippen molar-refractivity contribution in [1.82, 2.24) is 0 Å². The van der Waals surface area contributed by atoms with Gasteiger partial charge in [0.2, 0.25) is 0 Å². The molecule has 1 unspecified atom stereocenters. The van der Waals surface area contributed by atoms with E-state index in [1.165, 1.54) is 11.6 Å². The van der Waals surface area contributed by atoms with Gasteiger partial charge in [0.15, 0.2) is 11.7 Å². The molecule has 152 valence electrons. The summed E-state index contributed by atoms with van der Waals surface area (Å²) in [7, 11) is -2.68. The molecular formula is C19H28O7S. The van der Waals surface area contributed by atoms with Crippen molar-refractivity contribution in [2.45, 2.75) is 38.7 Å². The van der Waals surface area contributed by atoms with E-state index in [1.807, 2.05) is 24.3 Å². The first-order chi connectivity index (χ1) is 12.9. The van der Waals surface area contributed by atoms with Gasteiger partial charge < -0.3 is 14.2 Å². The van der Waals surface area contributed by atoms with Gasteiger partial charge in [0.05, 0.1) is 7.11 Å². The highest BCUT2D eigenvalue weighted by atomic mass is 32.2. The number of unbranched alkanes of at least 4 members (excludes halogenated alkanes) is 1. The number of carbonyl (C=O) groups is 1. The summed E-state index contributed by atoms with van der Waals surface area (Å²) < 4.78 is 42.6. The summed E-state index contributed by atoms with van der Waals surface area (Å²) in [6.07, 6.45) is 3.97. The first-order valence-corrected chi connectivity index (χ1v) is 10.3. The number of hydrogen-bond acceptors (Lipinski definition) is 7. The van der Waals surface area contributed by atoms with E-state index < -0.39 is 22.2 Å². The van der Waals surface area contributed by atoms with Crippen LogP contribution in [0.25, 0.3) is 0 Å². The molecule has 0 saturated heterocycles. The first-order valence-electron chi connectivity index (χ1n) is 8.74. The lowest BCUT2D eigenvalue weighted by Crippen LogP contribution is -2.26. The number of aryl methyl sites for hydroxylation is 1. The number of ketones is 1. The van der Waals surface area contributed by atoms with E-state index >= 15 is 0 Å². The molecule has 0 saturated carbocycles. The number of rotatable bonds is 15. The molecule has 0 radical (unpaired) electrons. The molecule has 8 heteroatoms. The van der Waals surface area contributed by atoms with Crippen LogP contribution in [0.4, 0.5) is 0 Å². The largest absolute Gasteiger partial charge is 0.491 e. The molecule has 7 nitrogen and oxygen atoms in total. The van der Waals surface area contributed by atoms with Crippen LogP contribution in [-0.2, 0) is 35.0 Å². The highest BCUT2D eigenvalue weighted by Gasteiger charge is 2.15. The molecule has 0 aliphatic heterocycles. The van der Waals surface area contributed by atoms with Crippen molar-refractivity contribution in [2.75, 3.05) is 26.4 Å². The average molecular weight is 400 g/mol. The summed E-state index contributed by atoms with van der Waals surface area (Å²) in [5, 5.41) is 0. The van der Waals surface area contributed by atoms with E-state index in [-0.39, 0.29) is 25.6 Å². The monoisotopic (exact) mass is 400 g/mol. The van der Waals surface area contributed by atoms with Gasteiger partial charge in [0.25, 0.3) is 10.1 Å². The van der Waals surface area contributed by atoms with Gasteiger partial charge in [-0.15, -0.1) is 0 Å². The van der Waals surface area contributed by atoms with E-state index in [0.717, 1.165) is 26.4 Å². The zero-order valence-corrected chi connectivity index (χ0v) is 16.7. The Balaban J connectivity index is 2.51. The molecular weight excluding hydrogens is 372 g/mol. The maximum Gasteiger partial charge on any atom is 0.291 e. The van der Waals surface area contributed by atoms with Crippen LogP contribution in [0.5, 0.6) is 5.75 Å². The van der Waals surface area contributed by atoms with Crippen molar-refractivity contribution in [3.63, 3.8) is 0 Å². The third-order valence-electron chi connectivity index (χ3n) is 3.70. The molecule has 0 N–H and O–H groups in total. The first kappa shape index (κ1) is 23.3. The van der Waals surface area contributed by atoms with Crippen LogP contribution < -0.4 is 4.74 Å². The molecule has 0 heterocycles. The van der Waals surface area contributed by atoms with Crippen LogP contribution in [0, 0.1) is 0 Å². The Morgan fingerprint density at radius 2 is 1.96 bits per heavy atom. The van der Waals surface area contributed by atoms with E-state index in [2.05, 4.69) is 17.7 Å². The van der Waals surface area contributed by atoms with Gasteiger partial charge >= 0.3 is 0 Å². The molecule has 0 aromatic heterocycles. The van der Waals surface area contributed by atoms with E-state index in [1.54, 1.807) is 0 Å². The van der Waals surface area contributed by atoms with Crippen molar-refractivity contribution < 1.29 is 31.6 Å². The van der Waals surface area contributed by atoms with Crippen molar-refractivity contribution in [3.05, 3.63) is 42.5 Å². The number of hydrogen-bond donors (Lipinski definition) is 0. The molecule has 0 amide bonds. The standard InChI is InChI=1S/C19H28O7S/c1-4-6-7-16-8-10-18(11-9-16)25-13-19(12-17(20)5-2)26-14-24-15-27(21,22)23-3/h5,8-11,19H,2,4,6-7,12-15H2,1,3H3. The van der Waals surface area contributed by atoms with Crippen LogP contribution in [0.15, 0.2) is 36.9 Å². The van der Waals surface area contributed by atoms with Gasteiger partial charge in [-0.3, -0.25) is 8.98 Å². The van der Waals surface area contributed by atoms with Crippen molar-refractivity contribution in [3.8, 4) is 5.75 Å². The second kappa shape index (κ2) is 12.6. The molecule has 0 fully saturated rings. The van der Waals surface area contributed by atoms with Crippen LogP contribution in [0.1, 0.15) is 31.7 Å². The Bertz CT molecular complexity index is 668. The summed E-state index contributed by atoms with van der Waals surface area (Å²) in [5.74, 6) is -0.174. The zero-order chi connectivity index (χ0) is 20.1.